The van der Waals surface area contributed by atoms with Crippen molar-refractivity contribution in [2.45, 2.75) is 26.1 Å². The highest BCUT2D eigenvalue weighted by Gasteiger charge is 2.41. The Morgan fingerprint density at radius 2 is 1.80 bits per heavy atom. The normalized spacial score (nSPS) is 19.1. The van der Waals surface area contributed by atoms with Crippen LogP contribution < -0.4 is 5.73 Å². The van der Waals surface area contributed by atoms with E-state index in [2.05, 4.69) is 0 Å². The Bertz CT molecular complexity index is 160. The number of rotatable bonds is 2. The summed E-state index contributed by atoms with van der Waals surface area (Å²) in [4.78, 5) is 17.4. The molecule has 0 rings (SSSR count). The lowest BCUT2D eigenvalue weighted by Crippen LogP contribution is -2.41. The van der Waals surface area contributed by atoms with Crippen LogP contribution >= 0.6 is 7.60 Å². The summed E-state index contributed by atoms with van der Waals surface area (Å²) in [7, 11) is -4.15. The molecule has 10 heavy (non-hydrogen) atoms. The molecule has 0 aromatic rings. The number of hydrogen-bond acceptors (Lipinski definition) is 2. The average molecular weight is 167 g/mol. The first-order valence-corrected chi connectivity index (χ1v) is 4.65. The van der Waals surface area contributed by atoms with Crippen molar-refractivity contribution in [2.75, 3.05) is 0 Å². The van der Waals surface area contributed by atoms with Gasteiger partial charge in [0.2, 0.25) is 0 Å². The topological polar surface area (TPSA) is 83.6 Å². The highest BCUT2D eigenvalue weighted by atomic mass is 31.2. The molecule has 62 valence electrons. The van der Waals surface area contributed by atoms with Crippen LogP contribution in [0.1, 0.15) is 20.8 Å². The first-order chi connectivity index (χ1) is 4.19. The minimum absolute atomic E-state index is 0.228. The fraction of sp³-hybridized carbons (Fsp3) is 1.00. The van der Waals surface area contributed by atoms with E-state index in [9.17, 15) is 4.57 Å². The lowest BCUT2D eigenvalue weighted by molar-refractivity contribution is 0.300. The van der Waals surface area contributed by atoms with E-state index in [0.29, 0.717) is 0 Å². The monoisotopic (exact) mass is 167 g/mol. The van der Waals surface area contributed by atoms with Gasteiger partial charge in [-0.3, -0.25) is 4.57 Å². The van der Waals surface area contributed by atoms with E-state index in [-0.39, 0.29) is 5.92 Å². The molecule has 0 aliphatic heterocycles. The Labute approximate surface area is 60.6 Å². The standard InChI is InChI=1S/C5H14NO3P/c1-4(2)5(3,6)10(7,8)9/h4H,6H2,1-3H3,(H2,7,8,9)/t5-/m0/s1. The second-order valence-corrected chi connectivity index (χ2v) is 4.98. The SMILES string of the molecule is CC(C)[C@@](C)(N)P(=O)(O)O. The molecule has 0 aromatic heterocycles. The molecule has 4 N–H and O–H groups in total. The van der Waals surface area contributed by atoms with Gasteiger partial charge in [0.1, 0.15) is 5.28 Å². The highest BCUT2D eigenvalue weighted by molar-refractivity contribution is 7.53. The van der Waals surface area contributed by atoms with E-state index in [1.807, 2.05) is 0 Å². The largest absolute Gasteiger partial charge is 0.345 e. The summed E-state index contributed by atoms with van der Waals surface area (Å²) in [5.41, 5.74) is 5.37. The van der Waals surface area contributed by atoms with Crippen molar-refractivity contribution in [1.29, 1.82) is 0 Å². The molecule has 0 saturated carbocycles. The van der Waals surface area contributed by atoms with Gasteiger partial charge in [-0.2, -0.15) is 0 Å². The predicted octanol–water partition coefficient (Wildman–Crippen LogP) is 0.495. The van der Waals surface area contributed by atoms with Crippen molar-refractivity contribution in [3.8, 4) is 0 Å². The van der Waals surface area contributed by atoms with Crippen LogP contribution in [0.25, 0.3) is 0 Å². The second kappa shape index (κ2) is 2.62. The first-order valence-electron chi connectivity index (χ1n) is 3.04. The van der Waals surface area contributed by atoms with Crippen molar-refractivity contribution >= 4 is 7.60 Å². The van der Waals surface area contributed by atoms with Crippen molar-refractivity contribution in [3.05, 3.63) is 0 Å². The van der Waals surface area contributed by atoms with Crippen molar-refractivity contribution < 1.29 is 14.4 Å². The van der Waals surface area contributed by atoms with Gasteiger partial charge in [0.15, 0.2) is 0 Å². The van der Waals surface area contributed by atoms with E-state index in [1.165, 1.54) is 6.92 Å². The van der Waals surface area contributed by atoms with Gasteiger partial charge in [0, 0.05) is 0 Å². The van der Waals surface area contributed by atoms with E-state index < -0.39 is 12.9 Å². The van der Waals surface area contributed by atoms with Crippen LogP contribution in [0.5, 0.6) is 0 Å². The van der Waals surface area contributed by atoms with Gasteiger partial charge in [-0.25, -0.2) is 0 Å². The smallest absolute Gasteiger partial charge is 0.323 e. The van der Waals surface area contributed by atoms with Crippen molar-refractivity contribution in [2.24, 2.45) is 11.7 Å². The second-order valence-electron chi connectivity index (χ2n) is 2.92. The fourth-order valence-corrected chi connectivity index (χ4v) is 1.01. The van der Waals surface area contributed by atoms with Crippen LogP contribution in [0.3, 0.4) is 0 Å². The summed E-state index contributed by atoms with van der Waals surface area (Å²) < 4.78 is 10.7. The van der Waals surface area contributed by atoms with Gasteiger partial charge in [-0.15, -0.1) is 0 Å². The van der Waals surface area contributed by atoms with E-state index in [1.54, 1.807) is 13.8 Å². The van der Waals surface area contributed by atoms with Crippen molar-refractivity contribution in [3.63, 3.8) is 0 Å². The maximum absolute atomic E-state index is 10.7. The zero-order valence-electron chi connectivity index (χ0n) is 6.40. The van der Waals surface area contributed by atoms with Crippen LogP contribution in [0, 0.1) is 5.92 Å². The van der Waals surface area contributed by atoms with Gasteiger partial charge in [0.05, 0.1) is 0 Å². The minimum atomic E-state index is -4.15. The minimum Gasteiger partial charge on any atom is -0.323 e. The predicted molar refractivity (Wildman–Crippen MR) is 39.5 cm³/mol. The summed E-state index contributed by atoms with van der Waals surface area (Å²) >= 11 is 0. The van der Waals surface area contributed by atoms with E-state index in [4.69, 9.17) is 15.5 Å². The quantitative estimate of drug-likeness (QED) is 0.523. The molecule has 0 heterocycles. The Morgan fingerprint density at radius 3 is 1.80 bits per heavy atom. The average Bonchev–Trinajstić information content (AvgIpc) is 1.62. The van der Waals surface area contributed by atoms with Crippen LogP contribution in [-0.2, 0) is 4.57 Å². The molecule has 0 radical (unpaired) electrons. The molecule has 0 amide bonds. The zero-order chi connectivity index (χ0) is 8.58. The summed E-state index contributed by atoms with van der Waals surface area (Å²) in [6, 6.07) is 0. The Balaban J connectivity index is 4.58. The van der Waals surface area contributed by atoms with Gasteiger partial charge < -0.3 is 15.5 Å². The Morgan fingerprint density at radius 1 is 1.50 bits per heavy atom. The van der Waals surface area contributed by atoms with Crippen LogP contribution in [0.15, 0.2) is 0 Å². The van der Waals surface area contributed by atoms with Crippen LogP contribution in [0.4, 0.5) is 0 Å². The summed E-state index contributed by atoms with van der Waals surface area (Å²) in [6.07, 6.45) is 0. The molecular formula is C5H14NO3P. The molecule has 0 aliphatic carbocycles. The Kier molecular flexibility index (Phi) is 2.65. The third-order valence-corrected chi connectivity index (χ3v) is 3.57. The molecule has 0 unspecified atom stereocenters. The van der Waals surface area contributed by atoms with Crippen LogP contribution in [0.2, 0.25) is 0 Å². The molecule has 0 bridgehead atoms. The maximum atomic E-state index is 10.7. The summed E-state index contributed by atoms with van der Waals surface area (Å²) in [6.45, 7) is 4.72. The molecule has 0 spiro atoms. The van der Waals surface area contributed by atoms with Gasteiger partial charge in [-0.05, 0) is 12.8 Å². The molecule has 0 saturated heterocycles. The van der Waals surface area contributed by atoms with Crippen LogP contribution in [-0.4, -0.2) is 15.1 Å². The lowest BCUT2D eigenvalue weighted by atomic mass is 10.1. The third-order valence-electron chi connectivity index (χ3n) is 1.80. The molecule has 0 fully saturated rings. The highest BCUT2D eigenvalue weighted by Crippen LogP contribution is 2.50. The summed E-state index contributed by atoms with van der Waals surface area (Å²) in [5, 5.41) is -1.40. The van der Waals surface area contributed by atoms with E-state index >= 15 is 0 Å². The summed E-state index contributed by atoms with van der Waals surface area (Å²) in [5.74, 6) is -0.228. The Hall–Kier alpha value is 0.110. The van der Waals surface area contributed by atoms with Gasteiger partial charge in [0.25, 0.3) is 0 Å². The lowest BCUT2D eigenvalue weighted by Gasteiger charge is -2.29. The number of hydrogen-bond donors (Lipinski definition) is 3. The van der Waals surface area contributed by atoms with Gasteiger partial charge >= 0.3 is 7.60 Å². The zero-order valence-corrected chi connectivity index (χ0v) is 7.30. The first kappa shape index (κ1) is 10.1. The van der Waals surface area contributed by atoms with Crippen molar-refractivity contribution in [1.82, 2.24) is 0 Å². The fourth-order valence-electron chi connectivity index (χ4n) is 0.336. The third kappa shape index (κ3) is 1.80. The molecule has 1 atom stereocenters. The van der Waals surface area contributed by atoms with Gasteiger partial charge in [-0.1, -0.05) is 13.8 Å². The molecule has 4 nitrogen and oxygen atoms in total. The molecule has 0 aliphatic rings. The molecule has 0 aromatic carbocycles. The van der Waals surface area contributed by atoms with E-state index in [0.717, 1.165) is 0 Å². The molecule has 5 heteroatoms. The number of nitrogens with two attached hydrogens (primary N) is 1. The maximum Gasteiger partial charge on any atom is 0.345 e. The molecular weight excluding hydrogens is 153 g/mol.